The van der Waals surface area contributed by atoms with Crippen molar-refractivity contribution in [1.82, 2.24) is 0 Å². The topological polar surface area (TPSA) is 38.7 Å². The van der Waals surface area contributed by atoms with Gasteiger partial charge >= 0.3 is 0 Å². The van der Waals surface area contributed by atoms with Gasteiger partial charge in [-0.15, -0.1) is 0 Å². The zero-order chi connectivity index (χ0) is 11.4. The molecule has 0 aromatic heterocycles. The second kappa shape index (κ2) is 5.43. The lowest BCUT2D eigenvalue weighted by Gasteiger charge is -2.32. The SMILES string of the molecule is C[C@H]1O[C@@H](O)CC[C@@H]1OCc1ccccc1. The molecule has 2 rings (SSSR count). The van der Waals surface area contributed by atoms with Crippen LogP contribution in [0, 0.1) is 0 Å². The van der Waals surface area contributed by atoms with Crippen LogP contribution in [0.1, 0.15) is 25.3 Å². The molecule has 1 saturated heterocycles. The first kappa shape index (κ1) is 11.6. The van der Waals surface area contributed by atoms with Crippen molar-refractivity contribution in [3.63, 3.8) is 0 Å². The average molecular weight is 222 g/mol. The first-order valence-corrected chi connectivity index (χ1v) is 5.75. The van der Waals surface area contributed by atoms with Gasteiger partial charge in [-0.05, 0) is 18.9 Å². The minimum absolute atomic E-state index is 0.0348. The molecule has 1 aromatic carbocycles. The van der Waals surface area contributed by atoms with Gasteiger partial charge in [0.25, 0.3) is 0 Å². The number of ether oxygens (including phenoxy) is 2. The summed E-state index contributed by atoms with van der Waals surface area (Å²) in [6, 6.07) is 10.1. The summed E-state index contributed by atoms with van der Waals surface area (Å²) < 4.78 is 11.1. The van der Waals surface area contributed by atoms with E-state index in [-0.39, 0.29) is 12.2 Å². The molecule has 1 aliphatic heterocycles. The maximum atomic E-state index is 9.30. The third-order valence-corrected chi connectivity index (χ3v) is 2.90. The summed E-state index contributed by atoms with van der Waals surface area (Å²) in [5.74, 6) is 0. The highest BCUT2D eigenvalue weighted by Gasteiger charge is 2.27. The molecule has 3 nitrogen and oxygen atoms in total. The van der Waals surface area contributed by atoms with Crippen molar-refractivity contribution >= 4 is 0 Å². The largest absolute Gasteiger partial charge is 0.371 e. The van der Waals surface area contributed by atoms with Crippen LogP contribution in [0.4, 0.5) is 0 Å². The van der Waals surface area contributed by atoms with Gasteiger partial charge < -0.3 is 14.6 Å². The van der Waals surface area contributed by atoms with Gasteiger partial charge in [0.15, 0.2) is 6.29 Å². The van der Waals surface area contributed by atoms with Crippen molar-refractivity contribution in [2.24, 2.45) is 0 Å². The van der Waals surface area contributed by atoms with E-state index < -0.39 is 6.29 Å². The minimum atomic E-state index is -0.619. The molecule has 16 heavy (non-hydrogen) atoms. The van der Waals surface area contributed by atoms with E-state index in [9.17, 15) is 5.11 Å². The molecular formula is C13H18O3. The number of hydrogen-bond acceptors (Lipinski definition) is 3. The maximum absolute atomic E-state index is 9.30. The van der Waals surface area contributed by atoms with Gasteiger partial charge in [-0.3, -0.25) is 0 Å². The molecule has 1 fully saturated rings. The molecule has 3 heteroatoms. The Hall–Kier alpha value is -0.900. The molecule has 3 atom stereocenters. The van der Waals surface area contributed by atoms with Crippen LogP contribution in [-0.2, 0) is 16.1 Å². The number of aliphatic hydroxyl groups is 1. The molecule has 0 aliphatic carbocycles. The number of hydrogen-bond donors (Lipinski definition) is 1. The van der Waals surface area contributed by atoms with Gasteiger partial charge in [-0.2, -0.15) is 0 Å². The summed E-state index contributed by atoms with van der Waals surface area (Å²) in [5.41, 5.74) is 1.17. The van der Waals surface area contributed by atoms with Crippen molar-refractivity contribution < 1.29 is 14.6 Å². The predicted molar refractivity (Wildman–Crippen MR) is 60.8 cm³/mol. The smallest absolute Gasteiger partial charge is 0.155 e. The van der Waals surface area contributed by atoms with Crippen LogP contribution in [0.3, 0.4) is 0 Å². The van der Waals surface area contributed by atoms with E-state index in [1.54, 1.807) is 0 Å². The van der Waals surface area contributed by atoms with Crippen LogP contribution in [0.15, 0.2) is 30.3 Å². The number of rotatable bonds is 3. The second-order valence-corrected chi connectivity index (χ2v) is 4.21. The number of benzene rings is 1. The fraction of sp³-hybridized carbons (Fsp3) is 0.538. The molecular weight excluding hydrogens is 204 g/mol. The molecule has 0 saturated carbocycles. The highest BCUT2D eigenvalue weighted by Crippen LogP contribution is 2.21. The molecule has 0 radical (unpaired) electrons. The molecule has 0 bridgehead atoms. The normalized spacial score (nSPS) is 30.2. The van der Waals surface area contributed by atoms with Crippen LogP contribution in [0.2, 0.25) is 0 Å². The van der Waals surface area contributed by atoms with E-state index >= 15 is 0 Å². The number of aliphatic hydroxyl groups excluding tert-OH is 1. The van der Waals surface area contributed by atoms with Gasteiger partial charge in [-0.1, -0.05) is 30.3 Å². The van der Waals surface area contributed by atoms with Crippen LogP contribution in [0.25, 0.3) is 0 Å². The van der Waals surface area contributed by atoms with E-state index in [1.165, 1.54) is 5.56 Å². The quantitative estimate of drug-likeness (QED) is 0.851. The Kier molecular flexibility index (Phi) is 3.93. The molecule has 1 heterocycles. The summed E-state index contributed by atoms with van der Waals surface area (Å²) in [7, 11) is 0. The lowest BCUT2D eigenvalue weighted by molar-refractivity contribution is -0.205. The Morgan fingerprint density at radius 3 is 2.75 bits per heavy atom. The van der Waals surface area contributed by atoms with E-state index in [0.29, 0.717) is 13.0 Å². The fourth-order valence-corrected chi connectivity index (χ4v) is 1.94. The van der Waals surface area contributed by atoms with Gasteiger partial charge in [0.2, 0.25) is 0 Å². The standard InChI is InChI=1S/C13H18O3/c1-10-12(7-8-13(14)16-10)15-9-11-5-3-2-4-6-11/h2-6,10,12-14H,7-9H2,1H3/t10-,12+,13-/m1/s1. The van der Waals surface area contributed by atoms with Crippen molar-refractivity contribution in [2.75, 3.05) is 0 Å². The van der Waals surface area contributed by atoms with Crippen molar-refractivity contribution in [3.05, 3.63) is 35.9 Å². The Morgan fingerprint density at radius 2 is 2.06 bits per heavy atom. The van der Waals surface area contributed by atoms with Crippen molar-refractivity contribution in [3.8, 4) is 0 Å². The van der Waals surface area contributed by atoms with Gasteiger partial charge in [-0.25, -0.2) is 0 Å². The third kappa shape index (κ3) is 3.04. The molecule has 0 amide bonds. The average Bonchev–Trinajstić information content (AvgIpc) is 2.29. The summed E-state index contributed by atoms with van der Waals surface area (Å²) in [4.78, 5) is 0. The maximum Gasteiger partial charge on any atom is 0.155 e. The Morgan fingerprint density at radius 1 is 1.31 bits per heavy atom. The van der Waals surface area contributed by atoms with E-state index in [1.807, 2.05) is 37.3 Å². The fourth-order valence-electron chi connectivity index (χ4n) is 1.94. The first-order valence-electron chi connectivity index (χ1n) is 5.75. The van der Waals surface area contributed by atoms with Crippen LogP contribution in [0.5, 0.6) is 0 Å². The highest BCUT2D eigenvalue weighted by atomic mass is 16.6. The van der Waals surface area contributed by atoms with E-state index in [4.69, 9.17) is 9.47 Å². The Labute approximate surface area is 96.0 Å². The summed E-state index contributed by atoms with van der Waals surface area (Å²) >= 11 is 0. The molecule has 88 valence electrons. The minimum Gasteiger partial charge on any atom is -0.371 e. The van der Waals surface area contributed by atoms with Crippen molar-refractivity contribution in [2.45, 2.75) is 44.9 Å². The monoisotopic (exact) mass is 222 g/mol. The molecule has 1 aromatic rings. The molecule has 1 N–H and O–H groups in total. The van der Waals surface area contributed by atoms with Crippen molar-refractivity contribution in [1.29, 1.82) is 0 Å². The highest BCUT2D eigenvalue weighted by molar-refractivity contribution is 5.13. The predicted octanol–water partition coefficient (Wildman–Crippen LogP) is 2.09. The Balaban J connectivity index is 1.82. The second-order valence-electron chi connectivity index (χ2n) is 4.21. The lowest BCUT2D eigenvalue weighted by atomic mass is 10.1. The van der Waals surface area contributed by atoms with Crippen LogP contribution >= 0.6 is 0 Å². The molecule has 0 unspecified atom stereocenters. The summed E-state index contributed by atoms with van der Waals surface area (Å²) in [5, 5.41) is 9.30. The third-order valence-electron chi connectivity index (χ3n) is 2.90. The van der Waals surface area contributed by atoms with Gasteiger partial charge in [0.05, 0.1) is 18.8 Å². The summed E-state index contributed by atoms with van der Waals surface area (Å²) in [6.45, 7) is 2.55. The van der Waals surface area contributed by atoms with Gasteiger partial charge in [0.1, 0.15) is 0 Å². The van der Waals surface area contributed by atoms with E-state index in [2.05, 4.69) is 0 Å². The zero-order valence-corrected chi connectivity index (χ0v) is 9.50. The zero-order valence-electron chi connectivity index (χ0n) is 9.50. The Bertz CT molecular complexity index is 312. The van der Waals surface area contributed by atoms with Crippen LogP contribution < -0.4 is 0 Å². The first-order chi connectivity index (χ1) is 7.75. The summed E-state index contributed by atoms with van der Waals surface area (Å²) in [6.07, 6.45) is 0.946. The van der Waals surface area contributed by atoms with Gasteiger partial charge in [0, 0.05) is 6.42 Å². The van der Waals surface area contributed by atoms with E-state index in [0.717, 1.165) is 6.42 Å². The molecule has 0 spiro atoms. The lowest BCUT2D eigenvalue weighted by Crippen LogP contribution is -2.38. The molecule has 1 aliphatic rings. The van der Waals surface area contributed by atoms with Crippen LogP contribution in [-0.4, -0.2) is 23.6 Å².